The summed E-state index contributed by atoms with van der Waals surface area (Å²) in [7, 11) is 0. The molecule has 0 spiro atoms. The third-order valence-electron chi connectivity index (χ3n) is 3.13. The Kier molecular flexibility index (Phi) is 4.01. The van der Waals surface area contributed by atoms with Crippen LogP contribution in [0.25, 0.3) is 0 Å². The van der Waals surface area contributed by atoms with Gasteiger partial charge in [-0.15, -0.1) is 6.42 Å². The number of piperidine rings is 1. The van der Waals surface area contributed by atoms with Gasteiger partial charge in [0.25, 0.3) is 0 Å². The maximum atomic E-state index is 5.97. The predicted octanol–water partition coefficient (Wildman–Crippen LogP) is 0.936. The summed E-state index contributed by atoms with van der Waals surface area (Å²) in [5, 5.41) is 3.33. The van der Waals surface area contributed by atoms with Crippen LogP contribution in [0.3, 0.4) is 0 Å². The summed E-state index contributed by atoms with van der Waals surface area (Å²) in [6.45, 7) is 2.62. The van der Waals surface area contributed by atoms with E-state index < -0.39 is 0 Å². The number of rotatable bonds is 4. The first-order valence-corrected chi connectivity index (χ1v) is 5.79. The van der Waals surface area contributed by atoms with Crippen LogP contribution in [0.4, 0.5) is 0 Å². The molecule has 1 N–H and O–H groups in total. The smallest absolute Gasteiger partial charge is 0.107 e. The second kappa shape index (κ2) is 5.50. The van der Waals surface area contributed by atoms with Gasteiger partial charge >= 0.3 is 0 Å². The van der Waals surface area contributed by atoms with E-state index in [4.69, 9.17) is 15.9 Å². The number of ether oxygens (including phenoxy) is 2. The molecular formula is C12H19NO2. The second-order valence-corrected chi connectivity index (χ2v) is 4.32. The molecule has 0 atom stereocenters. The van der Waals surface area contributed by atoms with Crippen molar-refractivity contribution in [2.45, 2.75) is 44.0 Å². The van der Waals surface area contributed by atoms with E-state index in [1.165, 1.54) is 0 Å². The first-order valence-electron chi connectivity index (χ1n) is 5.79. The molecule has 1 aliphatic heterocycles. The molecule has 0 bridgehead atoms. The average Bonchev–Trinajstić information content (AvgIpc) is 2.23. The molecule has 0 aromatic rings. The van der Waals surface area contributed by atoms with E-state index in [9.17, 15) is 0 Å². The van der Waals surface area contributed by atoms with Gasteiger partial charge in [-0.2, -0.15) is 0 Å². The minimum atomic E-state index is 0.341. The van der Waals surface area contributed by atoms with Crippen LogP contribution in [0, 0.1) is 12.3 Å². The monoisotopic (exact) mass is 209 g/mol. The highest BCUT2D eigenvalue weighted by Gasteiger charge is 2.32. The molecule has 15 heavy (non-hydrogen) atoms. The maximum Gasteiger partial charge on any atom is 0.107 e. The Hall–Kier alpha value is -0.560. The quantitative estimate of drug-likeness (QED) is 0.699. The lowest BCUT2D eigenvalue weighted by atomic mass is 9.91. The summed E-state index contributed by atoms with van der Waals surface area (Å²) in [5.74, 6) is 2.49. The van der Waals surface area contributed by atoms with Gasteiger partial charge in [0.05, 0.1) is 18.3 Å². The van der Waals surface area contributed by atoms with Gasteiger partial charge in [-0.1, -0.05) is 5.92 Å². The number of nitrogens with one attached hydrogen (secondary N) is 1. The van der Waals surface area contributed by atoms with Crippen LogP contribution in [0.15, 0.2) is 0 Å². The molecule has 1 heterocycles. The second-order valence-electron chi connectivity index (χ2n) is 4.32. The standard InChI is InChI=1S/C12H19NO2/c1-2-7-14-11-8-12(9-11)15-10-3-5-13-6-4-10/h1,10-13H,3-9H2. The zero-order valence-electron chi connectivity index (χ0n) is 9.08. The summed E-state index contributed by atoms with van der Waals surface area (Å²) < 4.78 is 11.4. The first kappa shape index (κ1) is 10.9. The zero-order chi connectivity index (χ0) is 10.5. The first-order chi connectivity index (χ1) is 7.38. The SMILES string of the molecule is C#CCOC1CC(OC2CCNCC2)C1. The lowest BCUT2D eigenvalue weighted by molar-refractivity contribution is -0.125. The molecule has 1 saturated heterocycles. The third-order valence-corrected chi connectivity index (χ3v) is 3.13. The van der Waals surface area contributed by atoms with Gasteiger partial charge in [0.15, 0.2) is 0 Å². The van der Waals surface area contributed by atoms with E-state index in [-0.39, 0.29) is 0 Å². The van der Waals surface area contributed by atoms with Crippen LogP contribution >= 0.6 is 0 Å². The maximum absolute atomic E-state index is 5.97. The van der Waals surface area contributed by atoms with E-state index >= 15 is 0 Å². The van der Waals surface area contributed by atoms with E-state index in [2.05, 4.69) is 11.2 Å². The molecule has 1 saturated carbocycles. The van der Waals surface area contributed by atoms with Crippen molar-refractivity contribution >= 4 is 0 Å². The topological polar surface area (TPSA) is 30.5 Å². The van der Waals surface area contributed by atoms with Gasteiger partial charge in [-0.05, 0) is 25.9 Å². The zero-order valence-corrected chi connectivity index (χ0v) is 9.08. The average molecular weight is 209 g/mol. The van der Waals surface area contributed by atoms with Crippen LogP contribution < -0.4 is 5.32 Å². The van der Waals surface area contributed by atoms with E-state index in [0.717, 1.165) is 38.8 Å². The molecule has 2 fully saturated rings. The summed E-state index contributed by atoms with van der Waals surface area (Å²) in [5.41, 5.74) is 0. The number of hydrogen-bond acceptors (Lipinski definition) is 3. The van der Waals surface area contributed by atoms with Crippen LogP contribution in [0.1, 0.15) is 25.7 Å². The Bertz CT molecular complexity index is 224. The van der Waals surface area contributed by atoms with E-state index in [1.807, 2.05) is 0 Å². The van der Waals surface area contributed by atoms with Gasteiger partial charge in [0.2, 0.25) is 0 Å². The normalized spacial score (nSPS) is 31.9. The van der Waals surface area contributed by atoms with E-state index in [0.29, 0.717) is 24.9 Å². The van der Waals surface area contributed by atoms with Crippen molar-refractivity contribution in [1.29, 1.82) is 0 Å². The van der Waals surface area contributed by atoms with Crippen molar-refractivity contribution in [2.75, 3.05) is 19.7 Å². The van der Waals surface area contributed by atoms with Crippen LogP contribution in [-0.2, 0) is 9.47 Å². The Labute approximate surface area is 91.5 Å². The molecule has 1 aliphatic carbocycles. The molecule has 2 aliphatic rings. The summed E-state index contributed by atoms with van der Waals surface area (Å²) in [4.78, 5) is 0. The predicted molar refractivity (Wildman–Crippen MR) is 58.6 cm³/mol. The van der Waals surface area contributed by atoms with E-state index in [1.54, 1.807) is 0 Å². The summed E-state index contributed by atoms with van der Waals surface area (Å²) in [6, 6.07) is 0. The molecule has 84 valence electrons. The van der Waals surface area contributed by atoms with Gasteiger partial charge in [0, 0.05) is 12.8 Å². The van der Waals surface area contributed by atoms with Crippen molar-refractivity contribution in [1.82, 2.24) is 5.32 Å². The van der Waals surface area contributed by atoms with Crippen molar-refractivity contribution in [2.24, 2.45) is 0 Å². The highest BCUT2D eigenvalue weighted by Crippen LogP contribution is 2.28. The molecular weight excluding hydrogens is 190 g/mol. The lowest BCUT2D eigenvalue weighted by Gasteiger charge is -2.38. The molecule has 3 nitrogen and oxygen atoms in total. The third kappa shape index (κ3) is 3.20. The van der Waals surface area contributed by atoms with Crippen molar-refractivity contribution in [3.63, 3.8) is 0 Å². The van der Waals surface area contributed by atoms with Gasteiger partial charge < -0.3 is 14.8 Å². The lowest BCUT2D eigenvalue weighted by Crippen LogP contribution is -2.42. The van der Waals surface area contributed by atoms with Gasteiger partial charge in [-0.25, -0.2) is 0 Å². The van der Waals surface area contributed by atoms with Crippen LogP contribution in [0.5, 0.6) is 0 Å². The minimum Gasteiger partial charge on any atom is -0.375 e. The van der Waals surface area contributed by atoms with Crippen molar-refractivity contribution in [3.05, 3.63) is 0 Å². The molecule has 0 aromatic carbocycles. The molecule has 0 amide bonds. The molecule has 0 unspecified atom stereocenters. The Morgan fingerprint density at radius 2 is 1.87 bits per heavy atom. The fourth-order valence-electron chi connectivity index (χ4n) is 2.13. The van der Waals surface area contributed by atoms with Crippen molar-refractivity contribution in [3.8, 4) is 12.3 Å². The number of hydrogen-bond donors (Lipinski definition) is 1. The van der Waals surface area contributed by atoms with Gasteiger partial charge in [0.1, 0.15) is 6.61 Å². The Morgan fingerprint density at radius 1 is 1.13 bits per heavy atom. The summed E-state index contributed by atoms with van der Waals surface area (Å²) >= 11 is 0. The number of terminal acetylenes is 1. The molecule has 0 aromatic heterocycles. The molecule has 2 rings (SSSR count). The largest absolute Gasteiger partial charge is 0.375 e. The molecule has 0 radical (unpaired) electrons. The highest BCUT2D eigenvalue weighted by atomic mass is 16.5. The van der Waals surface area contributed by atoms with Crippen LogP contribution in [-0.4, -0.2) is 38.0 Å². The summed E-state index contributed by atoms with van der Waals surface area (Å²) in [6.07, 6.45) is 10.7. The molecule has 3 heteroatoms. The Balaban J connectivity index is 1.57. The van der Waals surface area contributed by atoms with Crippen molar-refractivity contribution < 1.29 is 9.47 Å². The van der Waals surface area contributed by atoms with Gasteiger partial charge in [-0.3, -0.25) is 0 Å². The Morgan fingerprint density at radius 3 is 2.53 bits per heavy atom. The highest BCUT2D eigenvalue weighted by molar-refractivity contribution is 4.87. The fourth-order valence-corrected chi connectivity index (χ4v) is 2.13. The fraction of sp³-hybridized carbons (Fsp3) is 0.833. The minimum absolute atomic E-state index is 0.341. The van der Waals surface area contributed by atoms with Crippen LogP contribution in [0.2, 0.25) is 0 Å².